The van der Waals surface area contributed by atoms with Gasteiger partial charge in [0.25, 0.3) is 5.91 Å². The summed E-state index contributed by atoms with van der Waals surface area (Å²) in [4.78, 5) is 22.4. The Bertz CT molecular complexity index is 502. The van der Waals surface area contributed by atoms with Crippen LogP contribution in [0.5, 0.6) is 0 Å². The Morgan fingerprint density at radius 3 is 2.04 bits per heavy atom. The Morgan fingerprint density at radius 2 is 1.48 bits per heavy atom. The molecule has 1 rings (SSSR count). The van der Waals surface area contributed by atoms with Gasteiger partial charge in [0.2, 0.25) is 0 Å². The van der Waals surface area contributed by atoms with E-state index in [2.05, 4.69) is 11.6 Å². The van der Waals surface area contributed by atoms with Crippen molar-refractivity contribution in [2.24, 2.45) is 0 Å². The first-order chi connectivity index (χ1) is 12.1. The van der Waals surface area contributed by atoms with Gasteiger partial charge in [-0.25, -0.2) is 0 Å². The molecule has 0 aromatic heterocycles. The fourth-order valence-corrected chi connectivity index (χ4v) is 3.21. The first-order valence-corrected chi connectivity index (χ1v) is 10.6. The second kappa shape index (κ2) is 13.8. The first kappa shape index (κ1) is 21.6. The smallest absolute Gasteiger partial charge is 0.303 e. The molecule has 5 heteroatoms. The van der Waals surface area contributed by atoms with Crippen molar-refractivity contribution in [2.45, 2.75) is 63.5 Å². The van der Waals surface area contributed by atoms with Gasteiger partial charge < -0.3 is 10.4 Å². The summed E-state index contributed by atoms with van der Waals surface area (Å²) >= 11 is 1.77. The summed E-state index contributed by atoms with van der Waals surface area (Å²) in [6.07, 6.45) is 11.0. The maximum Gasteiger partial charge on any atom is 0.303 e. The van der Waals surface area contributed by atoms with Crippen LogP contribution in [0.2, 0.25) is 0 Å². The minimum absolute atomic E-state index is 0.00846. The molecule has 0 bridgehead atoms. The molecule has 0 heterocycles. The molecule has 2 N–H and O–H groups in total. The van der Waals surface area contributed by atoms with E-state index in [9.17, 15) is 9.59 Å². The number of unbranched alkanes of at least 4 members (excludes halogenated alkanes) is 7. The quantitative estimate of drug-likeness (QED) is 0.461. The molecular weight excluding hydrogens is 334 g/mol. The lowest BCUT2D eigenvalue weighted by Gasteiger charge is -2.06. The Labute approximate surface area is 155 Å². The summed E-state index contributed by atoms with van der Waals surface area (Å²) in [5.74, 6) is 0.286. The predicted octanol–water partition coefficient (Wildman–Crippen LogP) is 4.87. The number of amides is 1. The van der Waals surface area contributed by atoms with Crippen LogP contribution in [0.15, 0.2) is 24.3 Å². The number of benzene rings is 1. The maximum absolute atomic E-state index is 12.0. The van der Waals surface area contributed by atoms with E-state index >= 15 is 0 Å². The second-order valence-electron chi connectivity index (χ2n) is 6.36. The molecule has 0 fully saturated rings. The number of thioether (sulfide) groups is 1. The third kappa shape index (κ3) is 10.9. The largest absolute Gasteiger partial charge is 0.481 e. The number of carbonyl (C=O) groups excluding carboxylic acids is 1. The van der Waals surface area contributed by atoms with E-state index in [4.69, 9.17) is 5.11 Å². The normalized spacial score (nSPS) is 10.6. The summed E-state index contributed by atoms with van der Waals surface area (Å²) < 4.78 is 0. The lowest BCUT2D eigenvalue weighted by Crippen LogP contribution is -2.24. The van der Waals surface area contributed by atoms with E-state index in [-0.39, 0.29) is 5.91 Å². The first-order valence-electron chi connectivity index (χ1n) is 9.21. The molecule has 0 saturated heterocycles. The van der Waals surface area contributed by atoms with Gasteiger partial charge in [-0.1, -0.05) is 50.7 Å². The van der Waals surface area contributed by atoms with E-state index in [0.717, 1.165) is 50.0 Å². The van der Waals surface area contributed by atoms with E-state index < -0.39 is 5.97 Å². The lowest BCUT2D eigenvalue weighted by molar-refractivity contribution is -0.137. The van der Waals surface area contributed by atoms with E-state index in [0.29, 0.717) is 6.42 Å². The fraction of sp³-hybridized carbons (Fsp3) is 0.600. The molecule has 0 aliphatic heterocycles. The summed E-state index contributed by atoms with van der Waals surface area (Å²) in [7, 11) is 0. The fourth-order valence-electron chi connectivity index (χ4n) is 2.68. The highest BCUT2D eigenvalue weighted by atomic mass is 32.2. The number of hydrogen-bond donors (Lipinski definition) is 2. The highest BCUT2D eigenvalue weighted by Crippen LogP contribution is 2.11. The molecule has 1 aromatic rings. The third-order valence-corrected chi connectivity index (χ3v) is 4.75. The number of carboxylic acids is 1. The van der Waals surface area contributed by atoms with Crippen LogP contribution in [0.4, 0.5) is 0 Å². The predicted molar refractivity (Wildman–Crippen MR) is 105 cm³/mol. The zero-order valence-corrected chi connectivity index (χ0v) is 16.1. The van der Waals surface area contributed by atoms with Crippen molar-refractivity contribution < 1.29 is 14.7 Å². The highest BCUT2D eigenvalue weighted by molar-refractivity contribution is 7.97. The minimum atomic E-state index is -0.696. The average molecular weight is 366 g/mol. The molecule has 0 spiro atoms. The number of carbonyl (C=O) groups is 2. The highest BCUT2D eigenvalue weighted by Gasteiger charge is 2.04. The Kier molecular flexibility index (Phi) is 11.9. The minimum Gasteiger partial charge on any atom is -0.481 e. The van der Waals surface area contributed by atoms with Gasteiger partial charge in [0.1, 0.15) is 0 Å². The van der Waals surface area contributed by atoms with E-state index in [1.54, 1.807) is 11.8 Å². The van der Waals surface area contributed by atoms with E-state index in [1.165, 1.54) is 24.8 Å². The van der Waals surface area contributed by atoms with Crippen molar-refractivity contribution >= 4 is 23.6 Å². The Morgan fingerprint density at radius 1 is 0.920 bits per heavy atom. The van der Waals surface area contributed by atoms with Crippen molar-refractivity contribution in [1.29, 1.82) is 0 Å². The van der Waals surface area contributed by atoms with Crippen molar-refractivity contribution in [3.05, 3.63) is 35.4 Å². The molecule has 1 aromatic carbocycles. The van der Waals surface area contributed by atoms with Crippen LogP contribution in [0.1, 0.15) is 73.7 Å². The van der Waals surface area contributed by atoms with Gasteiger partial charge in [-0.2, -0.15) is 11.8 Å². The van der Waals surface area contributed by atoms with Crippen molar-refractivity contribution in [3.8, 4) is 0 Å². The molecule has 0 saturated carbocycles. The van der Waals surface area contributed by atoms with Crippen molar-refractivity contribution in [3.63, 3.8) is 0 Å². The standard InChI is InChI=1S/C20H31NO3S/c1-25-16-17-11-13-18(14-12-17)20(24)21-15-9-7-5-3-2-4-6-8-10-19(22)23/h11-14H,2-10,15-16H2,1H3,(H,21,24)(H,22,23). The molecule has 1 amide bonds. The maximum atomic E-state index is 12.0. The van der Waals surface area contributed by atoms with Crippen LogP contribution >= 0.6 is 11.8 Å². The third-order valence-electron chi connectivity index (χ3n) is 4.13. The van der Waals surface area contributed by atoms with Gasteiger partial charge in [-0.3, -0.25) is 9.59 Å². The zero-order valence-electron chi connectivity index (χ0n) is 15.3. The second-order valence-corrected chi connectivity index (χ2v) is 7.22. The molecule has 0 unspecified atom stereocenters. The van der Waals surface area contributed by atoms with Crippen LogP contribution in [0.25, 0.3) is 0 Å². The molecule has 4 nitrogen and oxygen atoms in total. The monoisotopic (exact) mass is 365 g/mol. The average Bonchev–Trinajstić information content (AvgIpc) is 2.60. The van der Waals surface area contributed by atoms with Gasteiger partial charge in [0.15, 0.2) is 0 Å². The number of hydrogen-bond acceptors (Lipinski definition) is 3. The number of rotatable bonds is 14. The summed E-state index contributed by atoms with van der Waals surface area (Å²) in [5.41, 5.74) is 1.97. The molecule has 0 aliphatic rings. The number of aliphatic carboxylic acids is 1. The molecule has 0 aliphatic carbocycles. The van der Waals surface area contributed by atoms with Crippen LogP contribution in [-0.4, -0.2) is 29.8 Å². The molecular formula is C20H31NO3S. The van der Waals surface area contributed by atoms with Gasteiger partial charge in [0.05, 0.1) is 0 Å². The SMILES string of the molecule is CSCc1ccc(C(=O)NCCCCCCCCCCC(=O)O)cc1. The summed E-state index contributed by atoms with van der Waals surface area (Å²) in [6, 6.07) is 7.82. The van der Waals surface area contributed by atoms with Gasteiger partial charge in [-0.15, -0.1) is 0 Å². The topological polar surface area (TPSA) is 66.4 Å². The van der Waals surface area contributed by atoms with Crippen LogP contribution in [0.3, 0.4) is 0 Å². The summed E-state index contributed by atoms with van der Waals surface area (Å²) in [6.45, 7) is 0.726. The zero-order chi connectivity index (χ0) is 18.3. The summed E-state index contributed by atoms with van der Waals surface area (Å²) in [5, 5.41) is 11.5. The Balaban J connectivity index is 1.98. The molecule has 25 heavy (non-hydrogen) atoms. The Hall–Kier alpha value is -1.49. The van der Waals surface area contributed by atoms with Crippen molar-refractivity contribution in [1.82, 2.24) is 5.32 Å². The molecule has 0 atom stereocenters. The van der Waals surface area contributed by atoms with Crippen LogP contribution < -0.4 is 5.32 Å². The van der Waals surface area contributed by atoms with Gasteiger partial charge >= 0.3 is 5.97 Å². The lowest BCUT2D eigenvalue weighted by atomic mass is 10.1. The number of nitrogens with one attached hydrogen (secondary N) is 1. The van der Waals surface area contributed by atoms with Crippen LogP contribution in [0, 0.1) is 0 Å². The van der Waals surface area contributed by atoms with Gasteiger partial charge in [-0.05, 0) is 36.8 Å². The molecule has 0 radical (unpaired) electrons. The van der Waals surface area contributed by atoms with Gasteiger partial charge in [0, 0.05) is 24.3 Å². The number of carboxylic acid groups (broad SMARTS) is 1. The van der Waals surface area contributed by atoms with Crippen molar-refractivity contribution in [2.75, 3.05) is 12.8 Å². The van der Waals surface area contributed by atoms with Crippen LogP contribution in [-0.2, 0) is 10.5 Å². The van der Waals surface area contributed by atoms with E-state index in [1.807, 2.05) is 24.3 Å². The molecule has 140 valence electrons.